The van der Waals surface area contributed by atoms with Crippen LogP contribution in [0.3, 0.4) is 0 Å². The summed E-state index contributed by atoms with van der Waals surface area (Å²) in [5.41, 5.74) is 1.38. The number of quaternary nitrogens is 1. The minimum atomic E-state index is -0.0199. The number of nitrogens with one attached hydrogen (secondary N) is 2. The van der Waals surface area contributed by atoms with E-state index in [1.165, 1.54) is 37.0 Å². The Morgan fingerprint density at radius 1 is 1.22 bits per heavy atom. The Hall–Kier alpha value is -1.86. The maximum Gasteiger partial charge on any atom is 0.282 e. The fourth-order valence-electron chi connectivity index (χ4n) is 4.20. The molecule has 4 atom stereocenters. The Kier molecular flexibility index (Phi) is 4.97. The van der Waals surface area contributed by atoms with Gasteiger partial charge in [0.2, 0.25) is 0 Å². The monoisotopic (exact) mass is 312 g/mol. The zero-order valence-electron chi connectivity index (χ0n) is 13.8. The van der Waals surface area contributed by atoms with Crippen molar-refractivity contribution < 1.29 is 9.69 Å². The van der Waals surface area contributed by atoms with E-state index in [0.717, 1.165) is 30.6 Å². The summed E-state index contributed by atoms with van der Waals surface area (Å²) >= 11 is 0. The Labute approximate surface area is 138 Å². The van der Waals surface area contributed by atoms with Crippen LogP contribution in [0.15, 0.2) is 24.3 Å². The van der Waals surface area contributed by atoms with E-state index in [4.69, 9.17) is 5.26 Å². The molecule has 1 aliphatic carbocycles. The molecule has 0 aromatic heterocycles. The van der Waals surface area contributed by atoms with Gasteiger partial charge in [-0.25, -0.2) is 0 Å². The summed E-state index contributed by atoms with van der Waals surface area (Å²) in [6.45, 7) is 4.30. The van der Waals surface area contributed by atoms with Crippen LogP contribution in [0, 0.1) is 23.2 Å². The molecule has 23 heavy (non-hydrogen) atoms. The number of hydrogen-bond donors (Lipinski definition) is 2. The van der Waals surface area contributed by atoms with Gasteiger partial charge in [-0.3, -0.25) is 4.79 Å². The van der Waals surface area contributed by atoms with E-state index in [2.05, 4.69) is 11.4 Å². The molecule has 1 aliphatic heterocycles. The van der Waals surface area contributed by atoms with Crippen LogP contribution in [-0.2, 0) is 4.79 Å². The number of carbonyl (C=O) groups excluding carboxylic acids is 1. The molecule has 1 amide bonds. The topological polar surface area (TPSA) is 57.3 Å². The van der Waals surface area contributed by atoms with Crippen LogP contribution in [0.25, 0.3) is 0 Å². The van der Waals surface area contributed by atoms with Crippen molar-refractivity contribution in [3.63, 3.8) is 0 Å². The average molecular weight is 312 g/mol. The molecule has 0 radical (unpaired) electrons. The molecule has 122 valence electrons. The van der Waals surface area contributed by atoms with Gasteiger partial charge in [0.15, 0.2) is 6.04 Å². The highest BCUT2D eigenvalue weighted by Crippen LogP contribution is 2.32. The maximum absolute atomic E-state index is 12.5. The van der Waals surface area contributed by atoms with Crippen LogP contribution >= 0.6 is 0 Å². The minimum absolute atomic E-state index is 0.0199. The van der Waals surface area contributed by atoms with Crippen molar-refractivity contribution in [3.05, 3.63) is 29.8 Å². The summed E-state index contributed by atoms with van der Waals surface area (Å²) in [7, 11) is 0. The molecule has 0 spiro atoms. The molecule has 2 aliphatic rings. The van der Waals surface area contributed by atoms with E-state index in [-0.39, 0.29) is 11.9 Å². The van der Waals surface area contributed by atoms with Gasteiger partial charge in [-0.05, 0) is 56.4 Å². The highest BCUT2D eigenvalue weighted by Gasteiger charge is 2.37. The van der Waals surface area contributed by atoms with E-state index in [0.29, 0.717) is 5.56 Å². The molecule has 0 bridgehead atoms. The predicted molar refractivity (Wildman–Crippen MR) is 90.0 cm³/mol. The summed E-state index contributed by atoms with van der Waals surface area (Å²) in [5.74, 6) is 1.80. The van der Waals surface area contributed by atoms with Gasteiger partial charge in [0.25, 0.3) is 5.91 Å². The quantitative estimate of drug-likeness (QED) is 0.896. The second-order valence-corrected chi connectivity index (χ2v) is 7.11. The number of fused-ring (bicyclic) bond motifs is 1. The van der Waals surface area contributed by atoms with Crippen LogP contribution in [0.1, 0.15) is 44.6 Å². The average Bonchev–Trinajstić information content (AvgIpc) is 2.61. The molecule has 4 heteroatoms. The second kappa shape index (κ2) is 7.14. The van der Waals surface area contributed by atoms with Crippen molar-refractivity contribution in [2.75, 3.05) is 18.4 Å². The second-order valence-electron chi connectivity index (χ2n) is 7.11. The number of anilines is 1. The van der Waals surface area contributed by atoms with Crippen LogP contribution in [0.4, 0.5) is 5.69 Å². The summed E-state index contributed by atoms with van der Waals surface area (Å²) < 4.78 is 0. The molecule has 1 unspecified atom stereocenters. The lowest BCUT2D eigenvalue weighted by Crippen LogP contribution is -3.18. The Balaban J connectivity index is 1.57. The predicted octanol–water partition coefficient (Wildman–Crippen LogP) is 1.98. The summed E-state index contributed by atoms with van der Waals surface area (Å²) in [6, 6.07) is 9.14. The lowest BCUT2D eigenvalue weighted by molar-refractivity contribution is -0.924. The molecule has 1 heterocycles. The number of carbonyl (C=O) groups is 1. The molecular formula is C19H26N3O+. The van der Waals surface area contributed by atoms with Gasteiger partial charge in [-0.1, -0.05) is 12.8 Å². The van der Waals surface area contributed by atoms with E-state index < -0.39 is 0 Å². The van der Waals surface area contributed by atoms with Crippen LogP contribution in [0.5, 0.6) is 0 Å². The lowest BCUT2D eigenvalue weighted by atomic mass is 9.75. The summed E-state index contributed by atoms with van der Waals surface area (Å²) in [5, 5.41) is 11.8. The van der Waals surface area contributed by atoms with Crippen LogP contribution < -0.4 is 10.2 Å². The van der Waals surface area contributed by atoms with E-state index >= 15 is 0 Å². The Bertz CT molecular complexity index is 590. The van der Waals surface area contributed by atoms with Crippen molar-refractivity contribution in [2.45, 2.75) is 45.1 Å². The Morgan fingerprint density at radius 3 is 2.61 bits per heavy atom. The lowest BCUT2D eigenvalue weighted by Gasteiger charge is -2.40. The number of rotatable bonds is 3. The number of nitriles is 1. The molecule has 4 nitrogen and oxygen atoms in total. The molecule has 2 fully saturated rings. The number of piperidine rings is 1. The highest BCUT2D eigenvalue weighted by molar-refractivity contribution is 5.93. The summed E-state index contributed by atoms with van der Waals surface area (Å²) in [6.07, 6.45) is 6.77. The largest absolute Gasteiger partial charge is 0.325 e. The van der Waals surface area contributed by atoms with Gasteiger partial charge in [0.05, 0.1) is 24.7 Å². The van der Waals surface area contributed by atoms with Gasteiger partial charge in [-0.15, -0.1) is 0 Å². The first kappa shape index (κ1) is 16.0. The zero-order valence-corrected chi connectivity index (χ0v) is 13.8. The smallest absolute Gasteiger partial charge is 0.282 e. The standard InChI is InChI=1S/C19H25N3O/c1-14(19(23)21-18-8-6-15(12-20)7-9-18)22-11-10-16-4-2-3-5-17(16)13-22/h6-9,14,16-17H,2-5,10-11,13H2,1H3,(H,21,23)/p+1/t14-,16-,17+/m0/s1. The third-order valence-corrected chi connectivity index (χ3v) is 5.71. The summed E-state index contributed by atoms with van der Waals surface area (Å²) in [4.78, 5) is 14.0. The number of amides is 1. The number of benzene rings is 1. The maximum atomic E-state index is 12.5. The highest BCUT2D eigenvalue weighted by atomic mass is 16.2. The van der Waals surface area contributed by atoms with Crippen molar-refractivity contribution in [1.29, 1.82) is 5.26 Å². The van der Waals surface area contributed by atoms with Gasteiger partial charge < -0.3 is 10.2 Å². The van der Waals surface area contributed by atoms with Crippen molar-refractivity contribution >= 4 is 11.6 Å². The third kappa shape index (κ3) is 3.73. The number of likely N-dealkylation sites (tertiary alicyclic amines) is 1. The molecule has 1 saturated carbocycles. The fraction of sp³-hybridized carbons (Fsp3) is 0.579. The minimum Gasteiger partial charge on any atom is -0.325 e. The van der Waals surface area contributed by atoms with E-state index in [9.17, 15) is 4.79 Å². The van der Waals surface area contributed by atoms with Gasteiger partial charge in [-0.2, -0.15) is 5.26 Å². The molecule has 1 aromatic carbocycles. The fourth-order valence-corrected chi connectivity index (χ4v) is 4.20. The molecule has 2 N–H and O–H groups in total. The SMILES string of the molecule is C[C@@H](C(=O)Nc1ccc(C#N)cc1)[NH+]1CC[C@@H]2CCCC[C@@H]2C1. The number of nitrogens with zero attached hydrogens (tertiary/aromatic N) is 1. The Morgan fingerprint density at radius 2 is 1.91 bits per heavy atom. The molecule has 3 rings (SSSR count). The van der Waals surface area contributed by atoms with Gasteiger partial charge in [0, 0.05) is 11.6 Å². The molecule has 1 aromatic rings. The molecular weight excluding hydrogens is 286 g/mol. The van der Waals surface area contributed by atoms with E-state index in [1.807, 2.05) is 6.92 Å². The molecule has 1 saturated heterocycles. The van der Waals surface area contributed by atoms with Crippen molar-refractivity contribution in [3.8, 4) is 6.07 Å². The first-order valence-corrected chi connectivity index (χ1v) is 8.83. The van der Waals surface area contributed by atoms with Crippen LogP contribution in [0.2, 0.25) is 0 Å². The van der Waals surface area contributed by atoms with Crippen molar-refractivity contribution in [1.82, 2.24) is 0 Å². The van der Waals surface area contributed by atoms with Crippen LogP contribution in [-0.4, -0.2) is 25.0 Å². The van der Waals surface area contributed by atoms with Crippen molar-refractivity contribution in [2.24, 2.45) is 11.8 Å². The van der Waals surface area contributed by atoms with Gasteiger partial charge >= 0.3 is 0 Å². The van der Waals surface area contributed by atoms with E-state index in [1.54, 1.807) is 24.3 Å². The first-order valence-electron chi connectivity index (χ1n) is 8.83. The zero-order chi connectivity index (χ0) is 16.2. The first-order chi connectivity index (χ1) is 11.2. The number of hydrogen-bond acceptors (Lipinski definition) is 2. The van der Waals surface area contributed by atoms with Gasteiger partial charge in [0.1, 0.15) is 0 Å². The third-order valence-electron chi connectivity index (χ3n) is 5.71. The normalized spacial score (nSPS) is 28.3.